The molecule has 0 fully saturated rings. The minimum absolute atomic E-state index is 0.331. The van der Waals surface area contributed by atoms with Crippen LogP contribution in [0.5, 0.6) is 0 Å². The van der Waals surface area contributed by atoms with Gasteiger partial charge in [-0.05, 0) is 19.3 Å². The van der Waals surface area contributed by atoms with Gasteiger partial charge < -0.3 is 4.74 Å². The highest BCUT2D eigenvalue weighted by atomic mass is 79.9. The second kappa shape index (κ2) is 6.81. The molecule has 0 unspecified atom stereocenters. The number of ether oxygens (including phenoxy) is 1. The van der Waals surface area contributed by atoms with Crippen molar-refractivity contribution in [2.24, 2.45) is 5.41 Å². The molecule has 3 heteroatoms. The molecule has 0 spiro atoms. The van der Waals surface area contributed by atoms with Crippen LogP contribution >= 0.6 is 15.9 Å². The number of hydrogen-bond donors (Lipinski definition) is 0. The van der Waals surface area contributed by atoms with Crippen molar-refractivity contribution in [3.63, 3.8) is 0 Å². The van der Waals surface area contributed by atoms with E-state index in [0.717, 1.165) is 25.0 Å². The molecule has 0 saturated heterocycles. The lowest BCUT2D eigenvalue weighted by Gasteiger charge is -2.34. The lowest BCUT2D eigenvalue weighted by Crippen LogP contribution is -2.41. The van der Waals surface area contributed by atoms with Crippen molar-refractivity contribution in [3.8, 4) is 0 Å². The Morgan fingerprint density at radius 2 is 1.93 bits per heavy atom. The molecule has 0 aliphatic heterocycles. The summed E-state index contributed by atoms with van der Waals surface area (Å²) in [4.78, 5) is 2.46. The Balaban J connectivity index is 4.08. The highest BCUT2D eigenvalue weighted by Gasteiger charge is 2.21. The number of halogens is 1. The number of nitrogens with zero attached hydrogens (tertiary/aromatic N) is 1. The van der Waals surface area contributed by atoms with Crippen LogP contribution in [0.4, 0.5) is 0 Å². The van der Waals surface area contributed by atoms with Crippen molar-refractivity contribution in [1.82, 2.24) is 4.90 Å². The van der Waals surface area contributed by atoms with Gasteiger partial charge in [-0.25, -0.2) is 0 Å². The third kappa shape index (κ3) is 5.99. The van der Waals surface area contributed by atoms with Crippen LogP contribution in [-0.4, -0.2) is 43.1 Å². The minimum Gasteiger partial charge on any atom is -0.383 e. The molecule has 0 radical (unpaired) electrons. The monoisotopic (exact) mass is 265 g/mol. The van der Waals surface area contributed by atoms with Crippen molar-refractivity contribution in [3.05, 3.63) is 0 Å². The van der Waals surface area contributed by atoms with Gasteiger partial charge in [0.15, 0.2) is 0 Å². The zero-order valence-electron chi connectivity index (χ0n) is 10.1. The van der Waals surface area contributed by atoms with Gasteiger partial charge in [-0.3, -0.25) is 4.90 Å². The normalized spacial score (nSPS) is 12.9. The summed E-state index contributed by atoms with van der Waals surface area (Å²) in [5.41, 5.74) is 0.331. The number of methoxy groups -OCH3 is 1. The molecule has 0 aromatic carbocycles. The summed E-state index contributed by atoms with van der Waals surface area (Å²) in [7, 11) is 1.76. The first-order chi connectivity index (χ1) is 6.43. The largest absolute Gasteiger partial charge is 0.383 e. The van der Waals surface area contributed by atoms with E-state index >= 15 is 0 Å². The molecule has 0 atom stereocenters. The first kappa shape index (κ1) is 14.4. The summed E-state index contributed by atoms with van der Waals surface area (Å²) in [5, 5.41) is 1.04. The molecule has 0 bridgehead atoms. The third-order valence-corrected chi connectivity index (χ3v) is 3.82. The van der Waals surface area contributed by atoms with E-state index in [1.54, 1.807) is 7.11 Å². The van der Waals surface area contributed by atoms with Crippen LogP contribution in [0.15, 0.2) is 0 Å². The Labute approximate surface area is 97.1 Å². The molecule has 0 aliphatic carbocycles. The van der Waals surface area contributed by atoms with Gasteiger partial charge >= 0.3 is 0 Å². The minimum atomic E-state index is 0.331. The number of rotatable bonds is 7. The van der Waals surface area contributed by atoms with Gasteiger partial charge in [-0.1, -0.05) is 29.8 Å². The molecule has 14 heavy (non-hydrogen) atoms. The maximum Gasteiger partial charge on any atom is 0.0589 e. The van der Waals surface area contributed by atoms with E-state index in [4.69, 9.17) is 4.74 Å². The lowest BCUT2D eigenvalue weighted by molar-refractivity contribution is 0.103. The quantitative estimate of drug-likeness (QED) is 0.657. The Bertz CT molecular complexity index is 148. The van der Waals surface area contributed by atoms with Gasteiger partial charge in [0, 0.05) is 31.6 Å². The van der Waals surface area contributed by atoms with Crippen molar-refractivity contribution < 1.29 is 4.74 Å². The summed E-state index contributed by atoms with van der Waals surface area (Å²) in [6.45, 7) is 12.0. The fraction of sp³-hybridized carbons (Fsp3) is 1.00. The van der Waals surface area contributed by atoms with Crippen LogP contribution in [-0.2, 0) is 4.74 Å². The summed E-state index contributed by atoms with van der Waals surface area (Å²) >= 11 is 3.56. The standard InChI is InChI=1S/C11H24BrNO/c1-10(2)13(6-7-14-5)9-11(3,4)8-12/h10H,6-9H2,1-5H3. The Morgan fingerprint density at radius 3 is 2.29 bits per heavy atom. The zero-order valence-corrected chi connectivity index (χ0v) is 11.7. The van der Waals surface area contributed by atoms with Gasteiger partial charge in [0.1, 0.15) is 0 Å². The number of hydrogen-bond acceptors (Lipinski definition) is 2. The van der Waals surface area contributed by atoms with Gasteiger partial charge in [0.2, 0.25) is 0 Å². The van der Waals surface area contributed by atoms with Crippen LogP contribution < -0.4 is 0 Å². The second-order valence-corrected chi connectivity index (χ2v) is 5.42. The van der Waals surface area contributed by atoms with Crippen LogP contribution in [0.2, 0.25) is 0 Å². The van der Waals surface area contributed by atoms with Gasteiger partial charge in [0.05, 0.1) is 6.61 Å². The molecule has 0 aromatic heterocycles. The summed E-state index contributed by atoms with van der Waals surface area (Å²) in [5.74, 6) is 0. The van der Waals surface area contributed by atoms with E-state index in [-0.39, 0.29) is 0 Å². The molecule has 2 nitrogen and oxygen atoms in total. The summed E-state index contributed by atoms with van der Waals surface area (Å²) in [6.07, 6.45) is 0. The molecule has 0 heterocycles. The zero-order chi connectivity index (χ0) is 11.2. The lowest BCUT2D eigenvalue weighted by atomic mass is 9.95. The van der Waals surface area contributed by atoms with E-state index in [9.17, 15) is 0 Å². The van der Waals surface area contributed by atoms with Crippen molar-refractivity contribution >= 4 is 15.9 Å². The van der Waals surface area contributed by atoms with E-state index < -0.39 is 0 Å². The Morgan fingerprint density at radius 1 is 1.36 bits per heavy atom. The van der Waals surface area contributed by atoms with E-state index in [0.29, 0.717) is 11.5 Å². The van der Waals surface area contributed by atoms with Gasteiger partial charge in [-0.15, -0.1) is 0 Å². The van der Waals surface area contributed by atoms with Crippen molar-refractivity contribution in [2.45, 2.75) is 33.7 Å². The molecule has 0 rings (SSSR count). The predicted octanol–water partition coefficient (Wildman–Crippen LogP) is 2.76. The second-order valence-electron chi connectivity index (χ2n) is 4.85. The highest BCUT2D eigenvalue weighted by Crippen LogP contribution is 2.20. The first-order valence-corrected chi connectivity index (χ1v) is 6.34. The van der Waals surface area contributed by atoms with E-state index in [1.807, 2.05) is 0 Å². The van der Waals surface area contributed by atoms with Crippen molar-refractivity contribution in [1.29, 1.82) is 0 Å². The van der Waals surface area contributed by atoms with Crippen LogP contribution in [0, 0.1) is 5.41 Å². The Kier molecular flexibility index (Phi) is 7.00. The molecular formula is C11H24BrNO. The fourth-order valence-corrected chi connectivity index (χ4v) is 1.50. The highest BCUT2D eigenvalue weighted by molar-refractivity contribution is 9.09. The maximum atomic E-state index is 5.12. The smallest absolute Gasteiger partial charge is 0.0589 e. The van der Waals surface area contributed by atoms with E-state index in [2.05, 4.69) is 48.5 Å². The maximum absolute atomic E-state index is 5.12. The van der Waals surface area contributed by atoms with Gasteiger partial charge in [-0.2, -0.15) is 0 Å². The molecule has 86 valence electrons. The van der Waals surface area contributed by atoms with E-state index in [1.165, 1.54) is 0 Å². The van der Waals surface area contributed by atoms with Crippen LogP contribution in [0.3, 0.4) is 0 Å². The first-order valence-electron chi connectivity index (χ1n) is 5.22. The molecule has 0 aromatic rings. The molecular weight excluding hydrogens is 242 g/mol. The summed E-state index contributed by atoms with van der Waals surface area (Å²) in [6, 6.07) is 0.587. The predicted molar refractivity (Wildman–Crippen MR) is 66.2 cm³/mol. The molecule has 0 N–H and O–H groups in total. The topological polar surface area (TPSA) is 12.5 Å². The molecule has 0 saturated carbocycles. The third-order valence-electron chi connectivity index (χ3n) is 2.31. The molecule has 0 aliphatic rings. The summed E-state index contributed by atoms with van der Waals surface area (Å²) < 4.78 is 5.12. The average molecular weight is 266 g/mol. The fourth-order valence-electron chi connectivity index (χ4n) is 1.32. The molecule has 0 amide bonds. The van der Waals surface area contributed by atoms with Crippen molar-refractivity contribution in [2.75, 3.05) is 32.1 Å². The van der Waals surface area contributed by atoms with Crippen LogP contribution in [0.25, 0.3) is 0 Å². The average Bonchev–Trinajstić information content (AvgIpc) is 2.12. The number of alkyl halides is 1. The Hall–Kier alpha value is 0.400. The van der Waals surface area contributed by atoms with Gasteiger partial charge in [0.25, 0.3) is 0 Å². The SMILES string of the molecule is COCCN(CC(C)(C)CBr)C(C)C. The van der Waals surface area contributed by atoms with Crippen LogP contribution in [0.1, 0.15) is 27.7 Å².